The van der Waals surface area contributed by atoms with Crippen LogP contribution in [0.25, 0.3) is 0 Å². The topological polar surface area (TPSA) is 70.9 Å². The third-order valence-corrected chi connectivity index (χ3v) is 3.81. The maximum absolute atomic E-state index is 11.8. The number of hydrazone groups is 1. The third-order valence-electron chi connectivity index (χ3n) is 2.95. The molecule has 0 spiro atoms. The second-order valence-electron chi connectivity index (χ2n) is 4.65. The maximum atomic E-state index is 11.8. The van der Waals surface area contributed by atoms with Gasteiger partial charge < -0.3 is 9.84 Å². The molecule has 2 aromatic rings. The van der Waals surface area contributed by atoms with Gasteiger partial charge in [-0.25, -0.2) is 5.43 Å². The summed E-state index contributed by atoms with van der Waals surface area (Å²) in [6.07, 6.45) is 1.67. The van der Waals surface area contributed by atoms with E-state index in [2.05, 4.69) is 26.5 Å². The summed E-state index contributed by atoms with van der Waals surface area (Å²) in [5, 5.41) is 14.2. The number of benzene rings is 2. The molecule has 7 heteroatoms. The van der Waals surface area contributed by atoms with Gasteiger partial charge in [0.25, 0.3) is 0 Å². The smallest absolute Gasteiger partial charge is 0.244 e. The van der Waals surface area contributed by atoms with E-state index >= 15 is 0 Å². The van der Waals surface area contributed by atoms with Crippen LogP contribution in [0.2, 0.25) is 5.02 Å². The fraction of sp³-hybridized carbons (Fsp3) is 0.125. The van der Waals surface area contributed by atoms with Crippen molar-refractivity contribution in [1.29, 1.82) is 0 Å². The molecule has 1 amide bonds. The van der Waals surface area contributed by atoms with Crippen molar-refractivity contribution >= 4 is 39.7 Å². The number of amides is 1. The second-order valence-corrected chi connectivity index (χ2v) is 5.94. The zero-order valence-electron chi connectivity index (χ0n) is 12.2. The molecular weight excluding hydrogens is 384 g/mol. The Bertz CT molecular complexity index is 733. The van der Waals surface area contributed by atoms with Crippen molar-refractivity contribution in [2.45, 2.75) is 6.42 Å². The lowest BCUT2D eigenvalue weighted by Gasteiger charge is -2.06. The highest BCUT2D eigenvalue weighted by Crippen LogP contribution is 2.34. The van der Waals surface area contributed by atoms with Crippen molar-refractivity contribution in [2.75, 3.05) is 7.11 Å². The van der Waals surface area contributed by atoms with E-state index in [1.165, 1.54) is 13.3 Å². The molecule has 0 aromatic heterocycles. The fourth-order valence-electron chi connectivity index (χ4n) is 1.83. The van der Waals surface area contributed by atoms with Crippen LogP contribution >= 0.6 is 27.5 Å². The zero-order valence-corrected chi connectivity index (χ0v) is 14.6. The number of carbonyl (C=O) groups excluding carboxylic acids is 1. The van der Waals surface area contributed by atoms with Gasteiger partial charge in [-0.3, -0.25) is 4.79 Å². The number of hydrogen-bond acceptors (Lipinski definition) is 4. The van der Waals surface area contributed by atoms with Crippen LogP contribution < -0.4 is 10.2 Å². The largest absolute Gasteiger partial charge is 0.503 e. The molecule has 0 aliphatic carbocycles. The van der Waals surface area contributed by atoms with Gasteiger partial charge >= 0.3 is 0 Å². The summed E-state index contributed by atoms with van der Waals surface area (Å²) in [5.74, 6) is 0.0816. The number of phenols is 1. The van der Waals surface area contributed by atoms with Crippen LogP contribution in [0.3, 0.4) is 0 Å². The van der Waals surface area contributed by atoms with Crippen molar-refractivity contribution in [2.24, 2.45) is 5.10 Å². The van der Waals surface area contributed by atoms with Crippen LogP contribution in [0.5, 0.6) is 11.5 Å². The first-order valence-electron chi connectivity index (χ1n) is 6.62. The number of carbonyl (C=O) groups is 1. The van der Waals surface area contributed by atoms with Gasteiger partial charge in [-0.05, 0) is 51.3 Å². The van der Waals surface area contributed by atoms with Crippen molar-refractivity contribution in [1.82, 2.24) is 5.43 Å². The Morgan fingerprint density at radius 1 is 1.39 bits per heavy atom. The lowest BCUT2D eigenvalue weighted by atomic mass is 10.1. The van der Waals surface area contributed by atoms with E-state index in [0.29, 0.717) is 20.8 Å². The highest BCUT2D eigenvalue weighted by molar-refractivity contribution is 9.10. The average Bonchev–Trinajstić information content (AvgIpc) is 2.53. The number of nitrogens with one attached hydrogen (secondary N) is 1. The molecule has 5 nitrogen and oxygen atoms in total. The molecule has 23 heavy (non-hydrogen) atoms. The molecule has 2 rings (SSSR count). The summed E-state index contributed by atoms with van der Waals surface area (Å²) >= 11 is 9.01. The third kappa shape index (κ3) is 4.97. The van der Waals surface area contributed by atoms with Crippen LogP contribution in [-0.4, -0.2) is 24.3 Å². The van der Waals surface area contributed by atoms with Gasteiger partial charge in [0, 0.05) is 5.02 Å². The van der Waals surface area contributed by atoms with E-state index in [4.69, 9.17) is 16.3 Å². The van der Waals surface area contributed by atoms with Gasteiger partial charge in [-0.1, -0.05) is 23.7 Å². The van der Waals surface area contributed by atoms with Gasteiger partial charge in [0.05, 0.1) is 24.2 Å². The van der Waals surface area contributed by atoms with Crippen LogP contribution in [-0.2, 0) is 11.2 Å². The van der Waals surface area contributed by atoms with Crippen molar-refractivity contribution in [3.8, 4) is 11.5 Å². The first-order valence-corrected chi connectivity index (χ1v) is 7.79. The number of rotatable bonds is 5. The molecule has 0 bridgehead atoms. The lowest BCUT2D eigenvalue weighted by Crippen LogP contribution is -2.19. The molecule has 0 saturated carbocycles. The maximum Gasteiger partial charge on any atom is 0.244 e. The fourth-order valence-corrected chi connectivity index (χ4v) is 2.42. The Morgan fingerprint density at radius 3 is 2.74 bits per heavy atom. The standard InChI is InChI=1S/C16H14BrClN2O3/c1-23-14-7-11(6-13(17)16(14)22)9-19-20-15(21)8-10-2-4-12(18)5-3-10/h2-7,9,22H,8H2,1H3,(H,20,21)/b19-9-. The Hall–Kier alpha value is -2.05. The first kappa shape index (κ1) is 17.3. The zero-order chi connectivity index (χ0) is 16.8. The Balaban J connectivity index is 1.97. The number of aromatic hydroxyl groups is 1. The summed E-state index contributed by atoms with van der Waals surface area (Å²) in [4.78, 5) is 11.8. The SMILES string of the molecule is COc1cc(/C=N\NC(=O)Cc2ccc(Cl)cc2)cc(Br)c1O. The molecule has 0 fully saturated rings. The molecule has 0 aliphatic heterocycles. The van der Waals surface area contributed by atoms with Crippen LogP contribution in [0, 0.1) is 0 Å². The first-order chi connectivity index (χ1) is 11.0. The van der Waals surface area contributed by atoms with Crippen LogP contribution in [0.4, 0.5) is 0 Å². The van der Waals surface area contributed by atoms with Gasteiger partial charge in [0.15, 0.2) is 11.5 Å². The van der Waals surface area contributed by atoms with E-state index in [1.54, 1.807) is 36.4 Å². The minimum atomic E-state index is -0.242. The second kappa shape index (κ2) is 7.99. The molecule has 0 aliphatic rings. The number of methoxy groups -OCH3 is 1. The van der Waals surface area contributed by atoms with E-state index in [1.807, 2.05) is 0 Å². The number of hydrogen-bond donors (Lipinski definition) is 2. The predicted molar refractivity (Wildman–Crippen MR) is 93.3 cm³/mol. The quantitative estimate of drug-likeness (QED) is 0.599. The van der Waals surface area contributed by atoms with Crippen molar-refractivity contribution < 1.29 is 14.6 Å². The molecule has 120 valence electrons. The Morgan fingerprint density at radius 2 is 2.09 bits per heavy atom. The molecule has 0 saturated heterocycles. The van der Waals surface area contributed by atoms with E-state index in [0.717, 1.165) is 5.56 Å². The summed E-state index contributed by atoms with van der Waals surface area (Å²) < 4.78 is 5.52. The summed E-state index contributed by atoms with van der Waals surface area (Å²) in [5.41, 5.74) is 3.95. The lowest BCUT2D eigenvalue weighted by molar-refractivity contribution is -0.120. The molecule has 2 N–H and O–H groups in total. The van der Waals surface area contributed by atoms with E-state index in [9.17, 15) is 9.90 Å². The summed E-state index contributed by atoms with van der Waals surface area (Å²) in [6.45, 7) is 0. The summed E-state index contributed by atoms with van der Waals surface area (Å²) in [6, 6.07) is 10.3. The van der Waals surface area contributed by atoms with Gasteiger partial charge in [0.1, 0.15) is 0 Å². The predicted octanol–water partition coefficient (Wildman–Crippen LogP) is 3.51. The van der Waals surface area contributed by atoms with Crippen molar-refractivity contribution in [3.05, 3.63) is 57.0 Å². The number of halogens is 2. The van der Waals surface area contributed by atoms with E-state index in [-0.39, 0.29) is 18.1 Å². The minimum Gasteiger partial charge on any atom is -0.503 e. The number of phenolic OH excluding ortho intramolecular Hbond substituents is 1. The molecule has 0 atom stereocenters. The monoisotopic (exact) mass is 396 g/mol. The summed E-state index contributed by atoms with van der Waals surface area (Å²) in [7, 11) is 1.45. The number of nitrogens with zero attached hydrogens (tertiary/aromatic N) is 1. The highest BCUT2D eigenvalue weighted by atomic mass is 79.9. The number of ether oxygens (including phenoxy) is 1. The molecule has 0 heterocycles. The Kier molecular flexibility index (Phi) is 6.01. The highest BCUT2D eigenvalue weighted by Gasteiger charge is 2.07. The molecule has 0 unspecified atom stereocenters. The molecular formula is C16H14BrClN2O3. The van der Waals surface area contributed by atoms with Gasteiger partial charge in [-0.2, -0.15) is 5.10 Å². The molecule has 0 radical (unpaired) electrons. The Labute approximate surface area is 147 Å². The minimum absolute atomic E-state index is 0.0106. The average molecular weight is 398 g/mol. The van der Waals surface area contributed by atoms with Crippen LogP contribution in [0.15, 0.2) is 46.0 Å². The molecule has 2 aromatic carbocycles. The van der Waals surface area contributed by atoms with E-state index < -0.39 is 0 Å². The van der Waals surface area contributed by atoms with Crippen LogP contribution in [0.1, 0.15) is 11.1 Å². The van der Waals surface area contributed by atoms with Crippen molar-refractivity contribution in [3.63, 3.8) is 0 Å². The normalized spacial score (nSPS) is 10.7. The van der Waals surface area contributed by atoms with Gasteiger partial charge in [-0.15, -0.1) is 0 Å². The van der Waals surface area contributed by atoms with Gasteiger partial charge in [0.2, 0.25) is 5.91 Å².